The number of halogens is 1. The van der Waals surface area contributed by atoms with E-state index < -0.39 is 0 Å². The molecule has 4 aromatic carbocycles. The lowest BCUT2D eigenvalue weighted by molar-refractivity contribution is -0.123. The van der Waals surface area contributed by atoms with Crippen molar-refractivity contribution in [2.75, 3.05) is 11.9 Å². The molecular weight excluding hydrogens is 520 g/mol. The van der Waals surface area contributed by atoms with E-state index in [-0.39, 0.29) is 30.2 Å². The van der Waals surface area contributed by atoms with Gasteiger partial charge >= 0.3 is 0 Å². The first-order valence-electron chi connectivity index (χ1n) is 11.9. The number of ether oxygens (including phenoxy) is 1. The van der Waals surface area contributed by atoms with E-state index in [4.69, 9.17) is 16.3 Å². The predicted molar refractivity (Wildman–Crippen MR) is 152 cm³/mol. The Balaban J connectivity index is 1.29. The molecule has 1 aliphatic heterocycles. The van der Waals surface area contributed by atoms with E-state index in [2.05, 4.69) is 5.32 Å². The molecule has 4 aromatic rings. The Bertz CT molecular complexity index is 1600. The number of amides is 3. The highest BCUT2D eigenvalue weighted by Crippen LogP contribution is 2.35. The first-order valence-corrected chi connectivity index (χ1v) is 13.1. The number of aryl methyl sites for hydroxylation is 1. The van der Waals surface area contributed by atoms with Crippen molar-refractivity contribution in [3.05, 3.63) is 112 Å². The number of thioether (sulfide) groups is 1. The minimum Gasteiger partial charge on any atom is -0.483 e. The summed E-state index contributed by atoms with van der Waals surface area (Å²) >= 11 is 7.02. The monoisotopic (exact) mass is 542 g/mol. The summed E-state index contributed by atoms with van der Waals surface area (Å²) in [6, 6.07) is 26.0. The average molecular weight is 543 g/mol. The van der Waals surface area contributed by atoms with E-state index in [0.717, 1.165) is 33.7 Å². The van der Waals surface area contributed by atoms with Crippen LogP contribution in [0.3, 0.4) is 0 Å². The molecule has 0 aliphatic carbocycles. The first-order chi connectivity index (χ1) is 18.4. The topological polar surface area (TPSA) is 75.7 Å². The van der Waals surface area contributed by atoms with Crippen LogP contribution < -0.4 is 10.1 Å². The van der Waals surface area contributed by atoms with Crippen molar-refractivity contribution in [1.82, 2.24) is 4.90 Å². The van der Waals surface area contributed by atoms with E-state index >= 15 is 0 Å². The van der Waals surface area contributed by atoms with Crippen LogP contribution in [0.1, 0.15) is 16.7 Å². The maximum Gasteiger partial charge on any atom is 0.293 e. The maximum absolute atomic E-state index is 13.2. The number of hydrogen-bond donors (Lipinski definition) is 1. The summed E-state index contributed by atoms with van der Waals surface area (Å²) in [5, 5.41) is 5.03. The van der Waals surface area contributed by atoms with Gasteiger partial charge in [-0.15, -0.1) is 0 Å². The van der Waals surface area contributed by atoms with Crippen molar-refractivity contribution in [2.24, 2.45) is 0 Å². The van der Waals surface area contributed by atoms with Gasteiger partial charge in [-0.25, -0.2) is 0 Å². The van der Waals surface area contributed by atoms with Gasteiger partial charge in [-0.05, 0) is 64.9 Å². The number of nitrogens with zero attached hydrogens (tertiary/aromatic N) is 1. The van der Waals surface area contributed by atoms with Crippen LogP contribution in [0.2, 0.25) is 5.02 Å². The highest BCUT2D eigenvalue weighted by molar-refractivity contribution is 8.18. The smallest absolute Gasteiger partial charge is 0.293 e. The Morgan fingerprint density at radius 2 is 1.76 bits per heavy atom. The third-order valence-electron chi connectivity index (χ3n) is 6.10. The Labute approximate surface area is 229 Å². The molecule has 5 rings (SSSR count). The third-order valence-corrected chi connectivity index (χ3v) is 7.42. The molecule has 6 nitrogen and oxygen atoms in total. The molecule has 190 valence electrons. The highest BCUT2D eigenvalue weighted by Gasteiger charge is 2.35. The first kappa shape index (κ1) is 25.6. The van der Waals surface area contributed by atoms with Crippen molar-refractivity contribution in [3.8, 4) is 5.75 Å². The molecule has 0 unspecified atom stereocenters. The zero-order valence-electron chi connectivity index (χ0n) is 20.4. The van der Waals surface area contributed by atoms with Crippen molar-refractivity contribution < 1.29 is 19.1 Å². The van der Waals surface area contributed by atoms with Gasteiger partial charge < -0.3 is 10.1 Å². The van der Waals surface area contributed by atoms with Crippen LogP contribution in [0.25, 0.3) is 16.8 Å². The molecule has 8 heteroatoms. The fraction of sp³-hybridized carbons (Fsp3) is 0.100. The molecule has 0 saturated carbocycles. The van der Waals surface area contributed by atoms with Gasteiger partial charge in [0.25, 0.3) is 17.1 Å². The summed E-state index contributed by atoms with van der Waals surface area (Å²) in [6.07, 6.45) is 1.63. The van der Waals surface area contributed by atoms with Crippen LogP contribution in [0.5, 0.6) is 5.75 Å². The number of rotatable bonds is 7. The van der Waals surface area contributed by atoms with E-state index in [1.54, 1.807) is 42.5 Å². The Morgan fingerprint density at radius 1 is 1.00 bits per heavy atom. The minimum atomic E-state index is -0.364. The minimum absolute atomic E-state index is 0.185. The van der Waals surface area contributed by atoms with Crippen LogP contribution in [0, 0.1) is 6.92 Å². The standard InChI is InChI=1S/C30H23ClN2O4S/c1-19-13-14-23(16-25(19)31)32-28(34)18-37-26-12-5-3-8-21(26)15-27-29(35)33(30(36)38-27)17-22-10-6-9-20-7-2-4-11-24(20)22/h2-16H,17-18H2,1H3,(H,32,34)/b27-15-. The van der Waals surface area contributed by atoms with E-state index in [9.17, 15) is 14.4 Å². The third kappa shape index (κ3) is 5.59. The van der Waals surface area contributed by atoms with Gasteiger partial charge in [-0.3, -0.25) is 19.3 Å². The summed E-state index contributed by atoms with van der Waals surface area (Å²) in [5.41, 5.74) is 2.98. The lowest BCUT2D eigenvalue weighted by Crippen LogP contribution is -2.27. The van der Waals surface area contributed by atoms with Crippen LogP contribution in [-0.4, -0.2) is 28.6 Å². The normalized spacial score (nSPS) is 14.4. The molecule has 1 saturated heterocycles. The van der Waals surface area contributed by atoms with Gasteiger partial charge in [0.15, 0.2) is 6.61 Å². The maximum atomic E-state index is 13.2. The van der Waals surface area contributed by atoms with Gasteiger partial charge in [0.05, 0.1) is 11.4 Å². The molecule has 1 heterocycles. The Hall–Kier alpha value is -4.07. The Morgan fingerprint density at radius 3 is 2.61 bits per heavy atom. The number of benzene rings is 4. The number of nitrogens with one attached hydrogen (secondary N) is 1. The molecule has 1 N–H and O–H groups in total. The fourth-order valence-corrected chi connectivity index (χ4v) is 5.13. The van der Waals surface area contributed by atoms with Gasteiger partial charge in [-0.2, -0.15) is 0 Å². The van der Waals surface area contributed by atoms with Crippen molar-refractivity contribution in [2.45, 2.75) is 13.5 Å². The van der Waals surface area contributed by atoms with E-state index in [1.807, 2.05) is 55.5 Å². The van der Waals surface area contributed by atoms with Crippen LogP contribution in [-0.2, 0) is 16.1 Å². The summed E-state index contributed by atoms with van der Waals surface area (Å²) in [5.74, 6) is -0.294. The lowest BCUT2D eigenvalue weighted by Gasteiger charge is -2.14. The van der Waals surface area contributed by atoms with Gasteiger partial charge in [0.2, 0.25) is 0 Å². The summed E-state index contributed by atoms with van der Waals surface area (Å²) in [4.78, 5) is 40.0. The van der Waals surface area contributed by atoms with Gasteiger partial charge in [0.1, 0.15) is 5.75 Å². The molecule has 0 bridgehead atoms. The molecule has 3 amide bonds. The van der Waals surface area contributed by atoms with Crippen LogP contribution in [0.4, 0.5) is 10.5 Å². The second kappa shape index (κ2) is 11.1. The SMILES string of the molecule is Cc1ccc(NC(=O)COc2ccccc2/C=C2\SC(=O)N(Cc3cccc4ccccc34)C2=O)cc1Cl. The van der Waals surface area contributed by atoms with Gasteiger partial charge in [-0.1, -0.05) is 78.3 Å². The molecule has 0 atom stereocenters. The molecular formula is C30H23ClN2O4S. The molecule has 0 aromatic heterocycles. The second-order valence-electron chi connectivity index (χ2n) is 8.74. The highest BCUT2D eigenvalue weighted by atomic mass is 35.5. The van der Waals surface area contributed by atoms with Crippen molar-refractivity contribution in [3.63, 3.8) is 0 Å². The van der Waals surface area contributed by atoms with Crippen molar-refractivity contribution >= 4 is 63.0 Å². The number of para-hydroxylation sites is 1. The molecule has 38 heavy (non-hydrogen) atoms. The molecule has 1 aliphatic rings. The summed E-state index contributed by atoms with van der Waals surface area (Å²) in [7, 11) is 0. The van der Waals surface area contributed by atoms with E-state index in [0.29, 0.717) is 26.9 Å². The number of anilines is 1. The van der Waals surface area contributed by atoms with Gasteiger partial charge in [0, 0.05) is 16.3 Å². The zero-order valence-corrected chi connectivity index (χ0v) is 22.0. The predicted octanol–water partition coefficient (Wildman–Crippen LogP) is 7.06. The second-order valence-corrected chi connectivity index (χ2v) is 10.1. The number of fused-ring (bicyclic) bond motifs is 1. The summed E-state index contributed by atoms with van der Waals surface area (Å²) in [6.45, 7) is 1.83. The fourth-order valence-electron chi connectivity index (χ4n) is 4.12. The number of carbonyl (C=O) groups is 3. The van der Waals surface area contributed by atoms with Crippen LogP contribution in [0.15, 0.2) is 89.8 Å². The van der Waals surface area contributed by atoms with Crippen LogP contribution >= 0.6 is 23.4 Å². The van der Waals surface area contributed by atoms with Crippen molar-refractivity contribution in [1.29, 1.82) is 0 Å². The quantitative estimate of drug-likeness (QED) is 0.253. The molecule has 1 fully saturated rings. The zero-order chi connectivity index (χ0) is 26.6. The molecule has 0 radical (unpaired) electrons. The Kier molecular flexibility index (Phi) is 7.49. The number of hydrogen-bond acceptors (Lipinski definition) is 5. The number of carbonyl (C=O) groups excluding carboxylic acids is 3. The largest absolute Gasteiger partial charge is 0.483 e. The van der Waals surface area contributed by atoms with E-state index in [1.165, 1.54) is 4.90 Å². The summed E-state index contributed by atoms with van der Waals surface area (Å²) < 4.78 is 5.76. The number of imide groups is 1. The average Bonchev–Trinajstić information content (AvgIpc) is 3.18. The molecule has 0 spiro atoms. The lowest BCUT2D eigenvalue weighted by atomic mass is 10.0.